The summed E-state index contributed by atoms with van der Waals surface area (Å²) in [5.74, 6) is 0.635. The standard InChI is InChI=1S/C14H20N2O/c1-10(12-7-8-12)16-14(17)13(15)9-11-5-3-2-4-6-11/h2-6,10,12-13H,7-9,15H2,1H3,(H,16,17). The number of carbonyl (C=O) groups excluding carboxylic acids is 1. The van der Waals surface area contributed by atoms with E-state index >= 15 is 0 Å². The van der Waals surface area contributed by atoms with Crippen LogP contribution in [0.1, 0.15) is 25.3 Å². The van der Waals surface area contributed by atoms with Crippen LogP contribution in [0.4, 0.5) is 0 Å². The predicted octanol–water partition coefficient (Wildman–Crippen LogP) is 1.47. The summed E-state index contributed by atoms with van der Waals surface area (Å²) in [4.78, 5) is 11.9. The molecule has 17 heavy (non-hydrogen) atoms. The predicted molar refractivity (Wildman–Crippen MR) is 68.5 cm³/mol. The van der Waals surface area contributed by atoms with E-state index in [-0.39, 0.29) is 11.9 Å². The molecule has 0 radical (unpaired) electrons. The van der Waals surface area contributed by atoms with Crippen LogP contribution < -0.4 is 11.1 Å². The van der Waals surface area contributed by atoms with E-state index in [0.717, 1.165) is 5.56 Å². The Morgan fingerprint density at radius 2 is 2.06 bits per heavy atom. The van der Waals surface area contributed by atoms with Gasteiger partial charge in [0.25, 0.3) is 0 Å². The third-order valence-electron chi connectivity index (χ3n) is 3.33. The molecule has 3 N–H and O–H groups in total. The molecule has 0 aliphatic heterocycles. The van der Waals surface area contributed by atoms with E-state index in [1.165, 1.54) is 12.8 Å². The van der Waals surface area contributed by atoms with Gasteiger partial charge in [-0.1, -0.05) is 30.3 Å². The van der Waals surface area contributed by atoms with Crippen molar-refractivity contribution in [1.29, 1.82) is 0 Å². The second-order valence-electron chi connectivity index (χ2n) is 4.93. The molecule has 1 aliphatic carbocycles. The number of hydrogen-bond acceptors (Lipinski definition) is 2. The topological polar surface area (TPSA) is 55.1 Å². The average Bonchev–Trinajstić information content (AvgIpc) is 3.14. The van der Waals surface area contributed by atoms with Crippen LogP contribution in [-0.4, -0.2) is 18.0 Å². The maximum atomic E-state index is 11.9. The molecule has 2 rings (SSSR count). The first-order valence-electron chi connectivity index (χ1n) is 6.26. The first-order chi connectivity index (χ1) is 8.16. The molecule has 0 bridgehead atoms. The van der Waals surface area contributed by atoms with Gasteiger partial charge in [-0.25, -0.2) is 0 Å². The largest absolute Gasteiger partial charge is 0.352 e. The third-order valence-corrected chi connectivity index (χ3v) is 3.33. The summed E-state index contributed by atoms with van der Waals surface area (Å²) in [7, 11) is 0. The molecule has 1 aliphatic rings. The summed E-state index contributed by atoms with van der Waals surface area (Å²) in [6.45, 7) is 2.06. The van der Waals surface area contributed by atoms with Gasteiger partial charge >= 0.3 is 0 Å². The monoisotopic (exact) mass is 232 g/mol. The fraction of sp³-hybridized carbons (Fsp3) is 0.500. The Morgan fingerprint density at radius 1 is 1.41 bits per heavy atom. The Morgan fingerprint density at radius 3 is 2.65 bits per heavy atom. The Kier molecular flexibility index (Phi) is 3.79. The number of carbonyl (C=O) groups is 1. The molecule has 0 spiro atoms. The fourth-order valence-electron chi connectivity index (χ4n) is 2.01. The van der Waals surface area contributed by atoms with Crippen molar-refractivity contribution < 1.29 is 4.79 Å². The highest BCUT2D eigenvalue weighted by atomic mass is 16.2. The summed E-state index contributed by atoms with van der Waals surface area (Å²) in [6.07, 6.45) is 3.06. The summed E-state index contributed by atoms with van der Waals surface area (Å²) in [6, 6.07) is 9.71. The highest BCUT2D eigenvalue weighted by Gasteiger charge is 2.29. The minimum absolute atomic E-state index is 0.0340. The zero-order chi connectivity index (χ0) is 12.3. The normalized spacial score (nSPS) is 18.5. The summed E-state index contributed by atoms with van der Waals surface area (Å²) < 4.78 is 0. The lowest BCUT2D eigenvalue weighted by atomic mass is 10.1. The van der Waals surface area contributed by atoms with Gasteiger partial charge in [0.05, 0.1) is 6.04 Å². The van der Waals surface area contributed by atoms with Gasteiger partial charge in [0, 0.05) is 6.04 Å². The van der Waals surface area contributed by atoms with Gasteiger partial charge < -0.3 is 11.1 Å². The Balaban J connectivity index is 1.82. The minimum Gasteiger partial charge on any atom is -0.352 e. The van der Waals surface area contributed by atoms with E-state index < -0.39 is 6.04 Å². The van der Waals surface area contributed by atoms with E-state index in [1.54, 1.807) is 0 Å². The van der Waals surface area contributed by atoms with Crippen LogP contribution in [-0.2, 0) is 11.2 Å². The molecule has 0 heterocycles. The Hall–Kier alpha value is -1.35. The Labute approximate surface area is 102 Å². The number of amides is 1. The lowest BCUT2D eigenvalue weighted by molar-refractivity contribution is -0.123. The summed E-state index contributed by atoms with van der Waals surface area (Å²) >= 11 is 0. The molecular formula is C14H20N2O. The van der Waals surface area contributed by atoms with Crippen LogP contribution in [0.15, 0.2) is 30.3 Å². The molecule has 1 amide bonds. The van der Waals surface area contributed by atoms with E-state index in [4.69, 9.17) is 5.73 Å². The quantitative estimate of drug-likeness (QED) is 0.807. The zero-order valence-electron chi connectivity index (χ0n) is 10.2. The molecular weight excluding hydrogens is 212 g/mol. The first kappa shape index (κ1) is 12.1. The van der Waals surface area contributed by atoms with Gasteiger partial charge in [0.1, 0.15) is 0 Å². The van der Waals surface area contributed by atoms with Gasteiger partial charge in [-0.3, -0.25) is 4.79 Å². The van der Waals surface area contributed by atoms with Crippen molar-refractivity contribution in [2.75, 3.05) is 0 Å². The average molecular weight is 232 g/mol. The molecule has 1 fully saturated rings. The van der Waals surface area contributed by atoms with Crippen molar-refractivity contribution in [3.63, 3.8) is 0 Å². The number of rotatable bonds is 5. The molecule has 0 saturated heterocycles. The molecule has 1 aromatic rings. The number of benzene rings is 1. The second-order valence-corrected chi connectivity index (χ2v) is 4.93. The van der Waals surface area contributed by atoms with Gasteiger partial charge in [-0.15, -0.1) is 0 Å². The number of hydrogen-bond donors (Lipinski definition) is 2. The van der Waals surface area contributed by atoms with Crippen LogP contribution in [0.5, 0.6) is 0 Å². The van der Waals surface area contributed by atoms with Crippen molar-refractivity contribution in [3.8, 4) is 0 Å². The molecule has 3 nitrogen and oxygen atoms in total. The highest BCUT2D eigenvalue weighted by molar-refractivity contribution is 5.82. The fourth-order valence-corrected chi connectivity index (χ4v) is 2.01. The van der Waals surface area contributed by atoms with Gasteiger partial charge in [-0.05, 0) is 37.7 Å². The van der Waals surface area contributed by atoms with Gasteiger partial charge in [-0.2, -0.15) is 0 Å². The van der Waals surface area contributed by atoms with E-state index in [1.807, 2.05) is 30.3 Å². The van der Waals surface area contributed by atoms with E-state index in [0.29, 0.717) is 12.3 Å². The van der Waals surface area contributed by atoms with Crippen molar-refractivity contribution in [1.82, 2.24) is 5.32 Å². The van der Waals surface area contributed by atoms with Crippen LogP contribution in [0.25, 0.3) is 0 Å². The van der Waals surface area contributed by atoms with Crippen LogP contribution in [0.2, 0.25) is 0 Å². The molecule has 92 valence electrons. The first-order valence-corrected chi connectivity index (χ1v) is 6.26. The van der Waals surface area contributed by atoms with Crippen molar-refractivity contribution in [2.24, 2.45) is 11.7 Å². The van der Waals surface area contributed by atoms with Gasteiger partial charge in [0.2, 0.25) is 5.91 Å². The van der Waals surface area contributed by atoms with E-state index in [2.05, 4.69) is 12.2 Å². The summed E-state index contributed by atoms with van der Waals surface area (Å²) in [5.41, 5.74) is 7.01. The number of nitrogens with two attached hydrogens (primary N) is 1. The van der Waals surface area contributed by atoms with Gasteiger partial charge in [0.15, 0.2) is 0 Å². The molecule has 0 aromatic heterocycles. The van der Waals surface area contributed by atoms with Crippen molar-refractivity contribution >= 4 is 5.91 Å². The van der Waals surface area contributed by atoms with Crippen molar-refractivity contribution in [2.45, 2.75) is 38.3 Å². The van der Waals surface area contributed by atoms with Crippen LogP contribution >= 0.6 is 0 Å². The van der Waals surface area contributed by atoms with E-state index in [9.17, 15) is 4.79 Å². The number of nitrogens with one attached hydrogen (secondary N) is 1. The minimum atomic E-state index is -0.446. The lowest BCUT2D eigenvalue weighted by Crippen LogP contribution is -2.46. The molecule has 2 atom stereocenters. The smallest absolute Gasteiger partial charge is 0.237 e. The highest BCUT2D eigenvalue weighted by Crippen LogP contribution is 2.32. The zero-order valence-corrected chi connectivity index (χ0v) is 10.2. The third kappa shape index (κ3) is 3.56. The maximum Gasteiger partial charge on any atom is 0.237 e. The molecule has 1 aromatic carbocycles. The second kappa shape index (κ2) is 5.32. The molecule has 3 heteroatoms. The van der Waals surface area contributed by atoms with Crippen LogP contribution in [0.3, 0.4) is 0 Å². The maximum absolute atomic E-state index is 11.9. The Bertz CT molecular complexity index is 373. The SMILES string of the molecule is CC(NC(=O)C(N)Cc1ccccc1)C1CC1. The molecule has 1 saturated carbocycles. The molecule has 2 unspecified atom stereocenters. The lowest BCUT2D eigenvalue weighted by Gasteiger charge is -2.17. The van der Waals surface area contributed by atoms with Crippen molar-refractivity contribution in [3.05, 3.63) is 35.9 Å². The van der Waals surface area contributed by atoms with Crippen LogP contribution in [0, 0.1) is 5.92 Å². The summed E-state index contributed by atoms with van der Waals surface area (Å²) in [5, 5.41) is 3.00.